The topological polar surface area (TPSA) is 8.17 Å². The Morgan fingerprint density at radius 3 is 1.86 bits per heavy atom. The van der Waals surface area contributed by atoms with E-state index >= 15 is 0 Å². The quantitative estimate of drug-likeness (QED) is 0.205. The van der Waals surface area contributed by atoms with E-state index in [4.69, 9.17) is 0 Å². The van der Waals surface area contributed by atoms with Gasteiger partial charge in [0.25, 0.3) is 0 Å². The number of benzene rings is 6. The Morgan fingerprint density at radius 2 is 1.09 bits per heavy atom. The summed E-state index contributed by atoms with van der Waals surface area (Å²) in [6, 6.07) is 53.1. The van der Waals surface area contributed by atoms with Crippen LogP contribution in [0.3, 0.4) is 0 Å². The SMILES string of the molecule is CC1(C)c2ccccc2-c2cc(N(c3ccccc3)c3cccc4c3c3ccccc3n4-c3ccccc3)ccc2C1(C)C. The standard InChI is InChI=1S/C42H36N2/c1-41(2)35-22-13-11-20-32(35)34-28-31(26-27-36(34)42(41,3)4)43(29-16-7-5-8-17-29)38-24-15-25-39-40(38)33-21-12-14-23-37(33)44(39)30-18-9-6-10-19-30/h5-28H,1-4H3. The number of rotatable bonds is 4. The maximum absolute atomic E-state index is 2.44. The Hall–Kier alpha value is -5.08. The Balaban J connectivity index is 1.43. The molecule has 0 saturated heterocycles. The van der Waals surface area contributed by atoms with E-state index in [-0.39, 0.29) is 10.8 Å². The summed E-state index contributed by atoms with van der Waals surface area (Å²) >= 11 is 0. The summed E-state index contributed by atoms with van der Waals surface area (Å²) in [5.41, 5.74) is 12.5. The van der Waals surface area contributed by atoms with Crippen LogP contribution in [0.15, 0.2) is 146 Å². The number of hydrogen-bond acceptors (Lipinski definition) is 1. The molecule has 1 aromatic heterocycles. The monoisotopic (exact) mass is 568 g/mol. The minimum atomic E-state index is -0.0318. The van der Waals surface area contributed by atoms with Crippen molar-refractivity contribution in [1.29, 1.82) is 0 Å². The van der Waals surface area contributed by atoms with E-state index in [0.29, 0.717) is 0 Å². The van der Waals surface area contributed by atoms with Gasteiger partial charge in [0.15, 0.2) is 0 Å². The van der Waals surface area contributed by atoms with Gasteiger partial charge in [0.05, 0.1) is 16.7 Å². The zero-order valence-electron chi connectivity index (χ0n) is 25.8. The van der Waals surface area contributed by atoms with Crippen LogP contribution in [-0.4, -0.2) is 4.57 Å². The molecule has 0 atom stereocenters. The van der Waals surface area contributed by atoms with Crippen molar-refractivity contribution in [2.75, 3.05) is 4.90 Å². The second-order valence-electron chi connectivity index (χ2n) is 13.1. The molecule has 8 rings (SSSR count). The molecule has 1 aliphatic rings. The van der Waals surface area contributed by atoms with Crippen molar-refractivity contribution in [1.82, 2.24) is 4.57 Å². The van der Waals surface area contributed by atoms with Gasteiger partial charge in [-0.15, -0.1) is 0 Å². The predicted molar refractivity (Wildman–Crippen MR) is 187 cm³/mol. The minimum absolute atomic E-state index is 0.00207. The highest BCUT2D eigenvalue weighted by Crippen LogP contribution is 2.55. The molecule has 0 aliphatic heterocycles. The first-order valence-electron chi connectivity index (χ1n) is 15.5. The van der Waals surface area contributed by atoms with Gasteiger partial charge in [-0.25, -0.2) is 0 Å². The van der Waals surface area contributed by atoms with Crippen molar-refractivity contribution in [3.63, 3.8) is 0 Å². The van der Waals surface area contributed by atoms with Gasteiger partial charge in [-0.1, -0.05) is 119 Å². The number of anilines is 3. The average molecular weight is 569 g/mol. The fourth-order valence-corrected chi connectivity index (χ4v) is 7.42. The highest BCUT2D eigenvalue weighted by atomic mass is 15.1. The van der Waals surface area contributed by atoms with Gasteiger partial charge in [-0.2, -0.15) is 0 Å². The molecule has 0 unspecified atom stereocenters. The average Bonchev–Trinajstić information content (AvgIpc) is 3.40. The van der Waals surface area contributed by atoms with E-state index in [2.05, 4.69) is 183 Å². The Labute approximate surface area is 259 Å². The number of fused-ring (bicyclic) bond motifs is 6. The molecule has 0 fully saturated rings. The molecule has 44 heavy (non-hydrogen) atoms. The van der Waals surface area contributed by atoms with Gasteiger partial charge in [-0.05, 0) is 87.7 Å². The van der Waals surface area contributed by atoms with E-state index in [1.165, 1.54) is 49.7 Å². The fraction of sp³-hybridized carbons (Fsp3) is 0.143. The molecule has 0 spiro atoms. The smallest absolute Gasteiger partial charge is 0.0562 e. The first kappa shape index (κ1) is 26.5. The molecule has 0 bridgehead atoms. The minimum Gasteiger partial charge on any atom is -0.310 e. The highest BCUT2D eigenvalue weighted by Gasteiger charge is 2.45. The summed E-state index contributed by atoms with van der Waals surface area (Å²) in [6.07, 6.45) is 0. The third-order valence-electron chi connectivity index (χ3n) is 10.3. The van der Waals surface area contributed by atoms with E-state index in [1.807, 2.05) is 0 Å². The summed E-state index contributed by atoms with van der Waals surface area (Å²) in [6.45, 7) is 9.58. The van der Waals surface area contributed by atoms with E-state index < -0.39 is 0 Å². The van der Waals surface area contributed by atoms with E-state index in [1.54, 1.807) is 0 Å². The van der Waals surface area contributed by atoms with Crippen LogP contribution < -0.4 is 4.90 Å². The van der Waals surface area contributed by atoms with Crippen LogP contribution in [0.4, 0.5) is 17.1 Å². The lowest BCUT2D eigenvalue weighted by atomic mass is 9.55. The van der Waals surface area contributed by atoms with Gasteiger partial charge in [-0.3, -0.25) is 0 Å². The maximum atomic E-state index is 2.44. The molecule has 0 radical (unpaired) electrons. The molecule has 2 heteroatoms. The first-order chi connectivity index (χ1) is 21.4. The largest absolute Gasteiger partial charge is 0.310 e. The normalized spacial score (nSPS) is 14.7. The molecule has 7 aromatic rings. The molecule has 0 N–H and O–H groups in total. The van der Waals surface area contributed by atoms with Crippen LogP contribution in [0.1, 0.15) is 38.8 Å². The van der Waals surface area contributed by atoms with Gasteiger partial charge in [0.1, 0.15) is 0 Å². The number of nitrogens with zero attached hydrogens (tertiary/aromatic N) is 2. The maximum Gasteiger partial charge on any atom is 0.0562 e. The van der Waals surface area contributed by atoms with E-state index in [0.717, 1.165) is 17.1 Å². The molecule has 0 saturated carbocycles. The van der Waals surface area contributed by atoms with Crippen LogP contribution in [-0.2, 0) is 10.8 Å². The third kappa shape index (κ3) is 3.74. The van der Waals surface area contributed by atoms with Crippen LogP contribution >= 0.6 is 0 Å². The second kappa shape index (κ2) is 9.72. The summed E-state index contributed by atoms with van der Waals surface area (Å²) in [7, 11) is 0. The Bertz CT molecular complexity index is 2170. The van der Waals surface area contributed by atoms with Crippen molar-refractivity contribution in [2.24, 2.45) is 0 Å². The second-order valence-corrected chi connectivity index (χ2v) is 13.1. The first-order valence-corrected chi connectivity index (χ1v) is 15.5. The van der Waals surface area contributed by atoms with Crippen LogP contribution in [0.5, 0.6) is 0 Å². The zero-order valence-corrected chi connectivity index (χ0v) is 25.8. The molecule has 6 aromatic carbocycles. The Morgan fingerprint density at radius 1 is 0.477 bits per heavy atom. The molecular weight excluding hydrogens is 532 g/mol. The molecule has 2 nitrogen and oxygen atoms in total. The zero-order chi connectivity index (χ0) is 30.1. The third-order valence-corrected chi connectivity index (χ3v) is 10.3. The van der Waals surface area contributed by atoms with Gasteiger partial charge >= 0.3 is 0 Å². The molecule has 0 amide bonds. The lowest BCUT2D eigenvalue weighted by Crippen LogP contribution is -2.43. The van der Waals surface area contributed by atoms with Crippen LogP contribution in [0, 0.1) is 0 Å². The van der Waals surface area contributed by atoms with Crippen LogP contribution in [0.25, 0.3) is 38.6 Å². The van der Waals surface area contributed by atoms with Gasteiger partial charge in [0, 0.05) is 27.8 Å². The van der Waals surface area contributed by atoms with Crippen molar-refractivity contribution in [3.8, 4) is 16.8 Å². The summed E-state index contributed by atoms with van der Waals surface area (Å²) in [4.78, 5) is 2.44. The summed E-state index contributed by atoms with van der Waals surface area (Å²) in [5, 5.41) is 2.49. The lowest BCUT2D eigenvalue weighted by molar-refractivity contribution is 0.299. The lowest BCUT2D eigenvalue weighted by Gasteiger charge is -2.48. The van der Waals surface area contributed by atoms with Crippen LogP contribution in [0.2, 0.25) is 0 Å². The molecule has 1 aliphatic carbocycles. The molecule has 1 heterocycles. The van der Waals surface area contributed by atoms with Gasteiger partial charge < -0.3 is 9.47 Å². The van der Waals surface area contributed by atoms with Crippen molar-refractivity contribution < 1.29 is 0 Å². The van der Waals surface area contributed by atoms with Crippen molar-refractivity contribution in [3.05, 3.63) is 157 Å². The highest BCUT2D eigenvalue weighted by molar-refractivity contribution is 6.16. The van der Waals surface area contributed by atoms with Gasteiger partial charge in [0.2, 0.25) is 0 Å². The fourth-order valence-electron chi connectivity index (χ4n) is 7.42. The van der Waals surface area contributed by atoms with E-state index in [9.17, 15) is 0 Å². The number of para-hydroxylation sites is 3. The predicted octanol–water partition coefficient (Wildman–Crippen LogP) is 11.5. The Kier molecular flexibility index (Phi) is 5.86. The molecular formula is C42H36N2. The molecule has 214 valence electrons. The number of aromatic nitrogens is 1. The summed E-state index contributed by atoms with van der Waals surface area (Å²) < 4.78 is 2.39. The summed E-state index contributed by atoms with van der Waals surface area (Å²) in [5.74, 6) is 0. The van der Waals surface area contributed by atoms with Crippen molar-refractivity contribution in [2.45, 2.75) is 38.5 Å². The van der Waals surface area contributed by atoms with Crippen molar-refractivity contribution >= 4 is 38.9 Å². The number of hydrogen-bond donors (Lipinski definition) is 0.